The van der Waals surface area contributed by atoms with Crippen LogP contribution in [0.5, 0.6) is 0 Å². The Morgan fingerprint density at radius 3 is 2.57 bits per heavy atom. The summed E-state index contributed by atoms with van der Waals surface area (Å²) in [6.07, 6.45) is 7.36. The van der Waals surface area contributed by atoms with Crippen LogP contribution in [0.3, 0.4) is 0 Å². The van der Waals surface area contributed by atoms with E-state index in [0.717, 1.165) is 45.2 Å². The van der Waals surface area contributed by atoms with Gasteiger partial charge in [-0.3, -0.25) is 4.79 Å². The van der Waals surface area contributed by atoms with E-state index in [1.165, 1.54) is 6.26 Å². The van der Waals surface area contributed by atoms with Gasteiger partial charge in [0.1, 0.15) is 0 Å². The monoisotopic (exact) mass is 316 g/mol. The van der Waals surface area contributed by atoms with Gasteiger partial charge in [-0.1, -0.05) is 12.8 Å². The number of nitrogens with zero attached hydrogens (tertiary/aromatic N) is 1. The zero-order valence-corrected chi connectivity index (χ0v) is 14.0. The molecule has 0 aromatic heterocycles. The molecule has 0 aromatic carbocycles. The molecule has 0 radical (unpaired) electrons. The summed E-state index contributed by atoms with van der Waals surface area (Å²) >= 11 is 0. The maximum absolute atomic E-state index is 12.4. The summed E-state index contributed by atoms with van der Waals surface area (Å²) in [5.41, 5.74) is 0. The first-order valence-electron chi connectivity index (χ1n) is 8.05. The highest BCUT2D eigenvalue weighted by Gasteiger charge is 2.36. The molecule has 3 atom stereocenters. The Morgan fingerprint density at radius 2 is 1.95 bits per heavy atom. The summed E-state index contributed by atoms with van der Waals surface area (Å²) < 4.78 is 23.9. The minimum absolute atomic E-state index is 0.0995. The van der Waals surface area contributed by atoms with Gasteiger partial charge in [0.15, 0.2) is 9.84 Å². The number of nitrogens with one attached hydrogen (secondary N) is 1. The highest BCUT2D eigenvalue weighted by molar-refractivity contribution is 7.91. The number of rotatable bonds is 5. The SMILES string of the molecule is CN(C(=O)CCC1CCNC1)C1CCCCC1S(C)(=O)=O. The van der Waals surface area contributed by atoms with Crippen molar-refractivity contribution in [3.05, 3.63) is 0 Å². The van der Waals surface area contributed by atoms with E-state index in [1.807, 2.05) is 0 Å². The van der Waals surface area contributed by atoms with Crippen molar-refractivity contribution in [1.29, 1.82) is 0 Å². The molecule has 1 saturated heterocycles. The van der Waals surface area contributed by atoms with Crippen LogP contribution in [0.15, 0.2) is 0 Å². The van der Waals surface area contributed by atoms with Crippen molar-refractivity contribution in [2.75, 3.05) is 26.4 Å². The molecule has 122 valence electrons. The van der Waals surface area contributed by atoms with E-state index in [9.17, 15) is 13.2 Å². The normalized spacial score (nSPS) is 30.3. The summed E-state index contributed by atoms with van der Waals surface area (Å²) in [6.45, 7) is 2.06. The lowest BCUT2D eigenvalue weighted by Gasteiger charge is -2.37. The second-order valence-electron chi connectivity index (χ2n) is 6.62. The predicted molar refractivity (Wildman–Crippen MR) is 83.9 cm³/mol. The van der Waals surface area contributed by atoms with E-state index in [1.54, 1.807) is 11.9 Å². The summed E-state index contributed by atoms with van der Waals surface area (Å²) in [4.78, 5) is 14.1. The molecule has 1 N–H and O–H groups in total. The summed E-state index contributed by atoms with van der Waals surface area (Å²) in [5, 5.41) is 2.93. The molecule has 0 aromatic rings. The fourth-order valence-electron chi connectivity index (χ4n) is 3.67. The van der Waals surface area contributed by atoms with Crippen molar-refractivity contribution in [2.45, 2.75) is 56.2 Å². The van der Waals surface area contributed by atoms with Crippen LogP contribution in [0.25, 0.3) is 0 Å². The topological polar surface area (TPSA) is 66.5 Å². The third-order valence-electron chi connectivity index (χ3n) is 5.04. The van der Waals surface area contributed by atoms with Gasteiger partial charge >= 0.3 is 0 Å². The largest absolute Gasteiger partial charge is 0.341 e. The first kappa shape index (κ1) is 16.7. The zero-order chi connectivity index (χ0) is 15.5. The molecular formula is C15H28N2O3S. The highest BCUT2D eigenvalue weighted by Crippen LogP contribution is 2.28. The number of carbonyl (C=O) groups excluding carboxylic acids is 1. The summed E-state index contributed by atoms with van der Waals surface area (Å²) in [6, 6.07) is -0.136. The third-order valence-corrected chi connectivity index (χ3v) is 6.69. The minimum atomic E-state index is -3.09. The van der Waals surface area contributed by atoms with Crippen LogP contribution >= 0.6 is 0 Å². The molecule has 2 aliphatic rings. The quantitative estimate of drug-likeness (QED) is 0.827. The second kappa shape index (κ2) is 7.09. The lowest BCUT2D eigenvalue weighted by molar-refractivity contribution is -0.132. The van der Waals surface area contributed by atoms with Gasteiger partial charge in [0.05, 0.1) is 5.25 Å². The summed E-state index contributed by atoms with van der Waals surface area (Å²) in [7, 11) is -1.31. The predicted octanol–water partition coefficient (Wildman–Crippen LogP) is 1.19. The van der Waals surface area contributed by atoms with Crippen molar-refractivity contribution in [3.63, 3.8) is 0 Å². The van der Waals surface area contributed by atoms with Crippen molar-refractivity contribution >= 4 is 15.7 Å². The Bertz CT molecular complexity index is 458. The first-order valence-corrected chi connectivity index (χ1v) is 10.0. The number of amides is 1. The third kappa shape index (κ3) is 4.42. The average molecular weight is 316 g/mol. The Labute approximate surface area is 128 Å². The average Bonchev–Trinajstić information content (AvgIpc) is 2.96. The van der Waals surface area contributed by atoms with E-state index in [0.29, 0.717) is 18.8 Å². The Kier molecular flexibility index (Phi) is 5.66. The van der Waals surface area contributed by atoms with Crippen LogP contribution in [-0.4, -0.2) is 56.9 Å². The van der Waals surface area contributed by atoms with Crippen LogP contribution in [0.1, 0.15) is 44.9 Å². The van der Waals surface area contributed by atoms with Gasteiger partial charge in [-0.2, -0.15) is 0 Å². The molecule has 3 unspecified atom stereocenters. The molecule has 5 nitrogen and oxygen atoms in total. The smallest absolute Gasteiger partial charge is 0.222 e. The van der Waals surface area contributed by atoms with E-state index in [4.69, 9.17) is 0 Å². The molecule has 6 heteroatoms. The van der Waals surface area contributed by atoms with Crippen LogP contribution in [0.4, 0.5) is 0 Å². The van der Waals surface area contributed by atoms with Crippen molar-refractivity contribution in [2.24, 2.45) is 5.92 Å². The van der Waals surface area contributed by atoms with Crippen LogP contribution < -0.4 is 5.32 Å². The molecule has 21 heavy (non-hydrogen) atoms. The summed E-state index contributed by atoms with van der Waals surface area (Å²) in [5.74, 6) is 0.696. The lowest BCUT2D eigenvalue weighted by Crippen LogP contribution is -2.49. The van der Waals surface area contributed by atoms with E-state index < -0.39 is 9.84 Å². The molecule has 2 fully saturated rings. The van der Waals surface area contributed by atoms with Crippen LogP contribution in [0.2, 0.25) is 0 Å². The number of carbonyl (C=O) groups is 1. The van der Waals surface area contributed by atoms with Crippen LogP contribution in [-0.2, 0) is 14.6 Å². The fourth-order valence-corrected chi connectivity index (χ4v) is 5.15. The molecule has 0 bridgehead atoms. The Hall–Kier alpha value is -0.620. The first-order chi connectivity index (χ1) is 9.89. The number of sulfone groups is 1. The molecule has 1 saturated carbocycles. The maximum atomic E-state index is 12.4. The minimum Gasteiger partial charge on any atom is -0.341 e. The molecular weight excluding hydrogens is 288 g/mol. The van der Waals surface area contributed by atoms with E-state index in [-0.39, 0.29) is 17.2 Å². The number of hydrogen-bond acceptors (Lipinski definition) is 4. The van der Waals surface area contributed by atoms with Crippen molar-refractivity contribution in [1.82, 2.24) is 10.2 Å². The second-order valence-corrected chi connectivity index (χ2v) is 8.89. The van der Waals surface area contributed by atoms with Crippen LogP contribution in [0, 0.1) is 5.92 Å². The van der Waals surface area contributed by atoms with Crippen molar-refractivity contribution < 1.29 is 13.2 Å². The lowest BCUT2D eigenvalue weighted by atomic mass is 9.93. The molecule has 2 rings (SSSR count). The van der Waals surface area contributed by atoms with Crippen molar-refractivity contribution in [3.8, 4) is 0 Å². The Balaban J connectivity index is 1.92. The van der Waals surface area contributed by atoms with Gasteiger partial charge in [0.25, 0.3) is 0 Å². The molecule has 1 heterocycles. The van der Waals surface area contributed by atoms with E-state index in [2.05, 4.69) is 5.32 Å². The maximum Gasteiger partial charge on any atom is 0.222 e. The van der Waals surface area contributed by atoms with Gasteiger partial charge in [-0.25, -0.2) is 8.42 Å². The Morgan fingerprint density at radius 1 is 1.24 bits per heavy atom. The van der Waals surface area contributed by atoms with Gasteiger partial charge in [-0.15, -0.1) is 0 Å². The van der Waals surface area contributed by atoms with Gasteiger partial charge in [0.2, 0.25) is 5.91 Å². The van der Waals surface area contributed by atoms with Gasteiger partial charge in [-0.05, 0) is 44.7 Å². The zero-order valence-electron chi connectivity index (χ0n) is 13.2. The number of hydrogen-bond donors (Lipinski definition) is 1. The molecule has 1 aliphatic heterocycles. The fraction of sp³-hybridized carbons (Fsp3) is 0.933. The molecule has 0 spiro atoms. The molecule has 1 amide bonds. The van der Waals surface area contributed by atoms with E-state index >= 15 is 0 Å². The highest BCUT2D eigenvalue weighted by atomic mass is 32.2. The standard InChI is InChI=1S/C15H28N2O3S/c1-17(15(18)8-7-12-9-10-16-11-12)13-5-3-4-6-14(13)21(2,19)20/h12-14,16H,3-11H2,1-2H3. The van der Waals surface area contributed by atoms with Gasteiger partial charge < -0.3 is 10.2 Å². The van der Waals surface area contributed by atoms with Gasteiger partial charge in [0, 0.05) is 25.8 Å². The molecule has 1 aliphatic carbocycles.